The second-order valence-corrected chi connectivity index (χ2v) is 4.13. The molecule has 0 unspecified atom stereocenters. The number of carbonyl (C=O) groups excluding carboxylic acids is 3. The number of nitrogens with one attached hydrogen (secondary N) is 1. The van der Waals surface area contributed by atoms with Crippen LogP contribution in [0.25, 0.3) is 0 Å². The molecule has 1 aliphatic heterocycles. The first-order chi connectivity index (χ1) is 7.99. The third-order valence-corrected chi connectivity index (χ3v) is 2.61. The minimum absolute atomic E-state index is 0.135. The SMILES string of the molecule is CN(C)C(=O)c1ccc2c(c1)CC(=O)NC2=O. The van der Waals surface area contributed by atoms with E-state index in [9.17, 15) is 14.4 Å². The van der Waals surface area contributed by atoms with E-state index in [1.54, 1.807) is 32.3 Å². The maximum atomic E-state index is 11.7. The zero-order valence-corrected chi connectivity index (χ0v) is 9.61. The predicted molar refractivity (Wildman–Crippen MR) is 60.6 cm³/mol. The highest BCUT2D eigenvalue weighted by Crippen LogP contribution is 2.17. The van der Waals surface area contributed by atoms with Crippen molar-refractivity contribution in [1.29, 1.82) is 0 Å². The topological polar surface area (TPSA) is 66.5 Å². The number of hydrogen-bond donors (Lipinski definition) is 1. The van der Waals surface area contributed by atoms with Crippen molar-refractivity contribution in [2.45, 2.75) is 6.42 Å². The third kappa shape index (κ3) is 2.04. The maximum absolute atomic E-state index is 11.7. The van der Waals surface area contributed by atoms with Crippen molar-refractivity contribution in [3.63, 3.8) is 0 Å². The molecule has 5 nitrogen and oxygen atoms in total. The number of nitrogens with zero attached hydrogens (tertiary/aromatic N) is 1. The molecule has 1 aromatic carbocycles. The van der Waals surface area contributed by atoms with Crippen LogP contribution in [-0.2, 0) is 11.2 Å². The molecule has 1 aliphatic rings. The van der Waals surface area contributed by atoms with E-state index >= 15 is 0 Å². The van der Waals surface area contributed by atoms with Crippen molar-refractivity contribution >= 4 is 17.7 Å². The van der Waals surface area contributed by atoms with E-state index in [4.69, 9.17) is 0 Å². The van der Waals surface area contributed by atoms with Crippen LogP contribution in [0.3, 0.4) is 0 Å². The fourth-order valence-electron chi connectivity index (χ4n) is 1.76. The Balaban J connectivity index is 2.43. The summed E-state index contributed by atoms with van der Waals surface area (Å²) in [5.74, 6) is -0.886. The Kier molecular flexibility index (Phi) is 2.67. The molecule has 88 valence electrons. The molecule has 1 N–H and O–H groups in total. The van der Waals surface area contributed by atoms with Crippen LogP contribution in [0.2, 0.25) is 0 Å². The van der Waals surface area contributed by atoms with Gasteiger partial charge >= 0.3 is 0 Å². The zero-order valence-electron chi connectivity index (χ0n) is 9.61. The Morgan fingerprint density at radius 3 is 2.65 bits per heavy atom. The maximum Gasteiger partial charge on any atom is 0.258 e. The first kappa shape index (κ1) is 11.3. The van der Waals surface area contributed by atoms with Crippen molar-refractivity contribution in [2.24, 2.45) is 0 Å². The minimum Gasteiger partial charge on any atom is -0.345 e. The lowest BCUT2D eigenvalue weighted by Crippen LogP contribution is -2.37. The van der Waals surface area contributed by atoms with E-state index in [0.717, 1.165) is 0 Å². The highest BCUT2D eigenvalue weighted by Gasteiger charge is 2.23. The van der Waals surface area contributed by atoms with Gasteiger partial charge in [-0.25, -0.2) is 0 Å². The van der Waals surface area contributed by atoms with Gasteiger partial charge in [0.25, 0.3) is 11.8 Å². The summed E-state index contributed by atoms with van der Waals surface area (Å²) in [5, 5.41) is 2.23. The summed E-state index contributed by atoms with van der Waals surface area (Å²) in [6.07, 6.45) is 0.135. The van der Waals surface area contributed by atoms with Gasteiger partial charge < -0.3 is 4.90 Å². The highest BCUT2D eigenvalue weighted by molar-refractivity contribution is 6.10. The van der Waals surface area contributed by atoms with Crippen molar-refractivity contribution < 1.29 is 14.4 Å². The lowest BCUT2D eigenvalue weighted by molar-refractivity contribution is -0.119. The number of hydrogen-bond acceptors (Lipinski definition) is 3. The molecule has 0 saturated heterocycles. The van der Waals surface area contributed by atoms with Gasteiger partial charge in [0, 0.05) is 25.2 Å². The summed E-state index contributed by atoms with van der Waals surface area (Å²) in [5.41, 5.74) is 1.54. The van der Waals surface area contributed by atoms with Crippen molar-refractivity contribution in [3.8, 4) is 0 Å². The van der Waals surface area contributed by atoms with E-state index in [0.29, 0.717) is 16.7 Å². The number of amides is 3. The summed E-state index contributed by atoms with van der Waals surface area (Å²) in [6, 6.07) is 4.78. The fourth-order valence-corrected chi connectivity index (χ4v) is 1.76. The van der Waals surface area contributed by atoms with Gasteiger partial charge in [0.1, 0.15) is 0 Å². The standard InChI is InChI=1S/C12H12N2O3/c1-14(2)12(17)7-3-4-9-8(5-7)6-10(15)13-11(9)16/h3-5H,6H2,1-2H3,(H,13,15,16). The van der Waals surface area contributed by atoms with E-state index < -0.39 is 5.91 Å². The molecule has 0 aliphatic carbocycles. The molecule has 5 heteroatoms. The first-order valence-corrected chi connectivity index (χ1v) is 5.18. The van der Waals surface area contributed by atoms with Crippen LogP contribution in [0.15, 0.2) is 18.2 Å². The van der Waals surface area contributed by atoms with Crippen LogP contribution < -0.4 is 5.32 Å². The molecule has 0 aromatic heterocycles. The molecule has 0 bridgehead atoms. The normalized spacial score (nSPS) is 14.0. The molecule has 0 saturated carbocycles. The smallest absolute Gasteiger partial charge is 0.258 e. The molecule has 0 fully saturated rings. The van der Waals surface area contributed by atoms with Crippen LogP contribution in [0.1, 0.15) is 26.3 Å². The van der Waals surface area contributed by atoms with Gasteiger partial charge in [-0.15, -0.1) is 0 Å². The fraction of sp³-hybridized carbons (Fsp3) is 0.250. The third-order valence-electron chi connectivity index (χ3n) is 2.61. The monoisotopic (exact) mass is 232 g/mol. The second-order valence-electron chi connectivity index (χ2n) is 4.13. The number of fused-ring (bicyclic) bond motifs is 1. The van der Waals surface area contributed by atoms with E-state index in [1.807, 2.05) is 0 Å². The van der Waals surface area contributed by atoms with Gasteiger partial charge in [-0.2, -0.15) is 0 Å². The van der Waals surface area contributed by atoms with Crippen LogP contribution in [-0.4, -0.2) is 36.7 Å². The van der Waals surface area contributed by atoms with Gasteiger partial charge in [0.15, 0.2) is 0 Å². The summed E-state index contributed by atoms with van der Waals surface area (Å²) in [7, 11) is 3.30. The summed E-state index contributed by atoms with van der Waals surface area (Å²) in [6.45, 7) is 0. The second kappa shape index (κ2) is 4.01. The number of rotatable bonds is 1. The van der Waals surface area contributed by atoms with Gasteiger partial charge in [-0.05, 0) is 23.8 Å². The lowest BCUT2D eigenvalue weighted by atomic mass is 9.97. The van der Waals surface area contributed by atoms with Crippen LogP contribution in [0, 0.1) is 0 Å². The summed E-state index contributed by atoms with van der Waals surface area (Å²) < 4.78 is 0. The molecule has 0 spiro atoms. The Bertz CT molecular complexity index is 520. The zero-order chi connectivity index (χ0) is 12.6. The average molecular weight is 232 g/mol. The largest absolute Gasteiger partial charge is 0.345 e. The predicted octanol–water partition coefficient (Wildman–Crippen LogP) is 0.201. The van der Waals surface area contributed by atoms with Crippen molar-refractivity contribution in [3.05, 3.63) is 34.9 Å². The summed E-state index contributed by atoms with van der Waals surface area (Å²) >= 11 is 0. The Labute approximate surface area is 98.4 Å². The molecule has 0 atom stereocenters. The molecular weight excluding hydrogens is 220 g/mol. The number of carbonyl (C=O) groups is 3. The van der Waals surface area contributed by atoms with Crippen molar-refractivity contribution in [2.75, 3.05) is 14.1 Å². The Hall–Kier alpha value is -2.17. The molecule has 1 heterocycles. The van der Waals surface area contributed by atoms with Crippen LogP contribution in [0.4, 0.5) is 0 Å². The van der Waals surface area contributed by atoms with Crippen LogP contribution >= 0.6 is 0 Å². The van der Waals surface area contributed by atoms with Gasteiger partial charge in [-0.3, -0.25) is 19.7 Å². The van der Waals surface area contributed by atoms with E-state index in [1.165, 1.54) is 4.90 Å². The number of benzene rings is 1. The average Bonchev–Trinajstić information content (AvgIpc) is 2.26. The molecule has 1 aromatic rings. The van der Waals surface area contributed by atoms with Crippen molar-refractivity contribution in [1.82, 2.24) is 10.2 Å². The highest BCUT2D eigenvalue weighted by atomic mass is 16.2. The molecule has 17 heavy (non-hydrogen) atoms. The lowest BCUT2D eigenvalue weighted by Gasteiger charge is -2.17. The summed E-state index contributed by atoms with van der Waals surface area (Å²) in [4.78, 5) is 35.9. The molecular formula is C12H12N2O3. The minimum atomic E-state index is -0.403. The van der Waals surface area contributed by atoms with Gasteiger partial charge in [0.2, 0.25) is 5.91 Å². The number of imide groups is 1. The molecule has 0 radical (unpaired) electrons. The van der Waals surface area contributed by atoms with Crippen LogP contribution in [0.5, 0.6) is 0 Å². The van der Waals surface area contributed by atoms with E-state index in [-0.39, 0.29) is 18.2 Å². The van der Waals surface area contributed by atoms with Gasteiger partial charge in [0.05, 0.1) is 6.42 Å². The molecule has 3 amide bonds. The Morgan fingerprint density at radius 1 is 1.29 bits per heavy atom. The molecule has 2 rings (SSSR count). The Morgan fingerprint density at radius 2 is 2.00 bits per heavy atom. The van der Waals surface area contributed by atoms with Gasteiger partial charge in [-0.1, -0.05) is 0 Å². The first-order valence-electron chi connectivity index (χ1n) is 5.18. The van der Waals surface area contributed by atoms with E-state index in [2.05, 4.69) is 5.32 Å². The quantitative estimate of drug-likeness (QED) is 0.703.